The minimum absolute atomic E-state index is 0.622. The van der Waals surface area contributed by atoms with Crippen LogP contribution in [0.25, 0.3) is 0 Å². The Morgan fingerprint density at radius 1 is 1.14 bits per heavy atom. The number of nitrogens with zero attached hydrogens (tertiary/aromatic N) is 1. The van der Waals surface area contributed by atoms with Crippen LogP contribution in [0.1, 0.15) is 11.3 Å². The lowest BCUT2D eigenvalue weighted by Crippen LogP contribution is -2.15. The number of aryl methyl sites for hydroxylation is 1. The zero-order valence-corrected chi connectivity index (χ0v) is 13.4. The number of benzene rings is 1. The van der Waals surface area contributed by atoms with Crippen LogP contribution in [0.3, 0.4) is 0 Å². The first-order chi connectivity index (χ1) is 10.2. The molecule has 0 unspecified atom stereocenters. The molecule has 1 aromatic carbocycles. The van der Waals surface area contributed by atoms with Gasteiger partial charge in [0.2, 0.25) is 0 Å². The van der Waals surface area contributed by atoms with E-state index in [2.05, 4.69) is 38.4 Å². The van der Waals surface area contributed by atoms with Gasteiger partial charge in [-0.2, -0.15) is 0 Å². The lowest BCUT2D eigenvalue weighted by Gasteiger charge is -2.19. The molecule has 0 atom stereocenters. The molecule has 2 aromatic rings. The van der Waals surface area contributed by atoms with Crippen LogP contribution >= 0.6 is 15.9 Å². The normalized spacial score (nSPS) is 13.0. The number of pyridine rings is 1. The average Bonchev–Trinajstić information content (AvgIpc) is 2.51. The molecule has 0 aliphatic carbocycles. The standard InChI is InChI=1S/C16H17BrN2O2/c1-11-13(17)3-5-16(19-11)18-7-6-12-2-4-14-15(10-12)21-9-8-20-14/h2-5,10H,6-9H2,1H3,(H,18,19). The van der Waals surface area contributed by atoms with E-state index in [1.165, 1.54) is 5.56 Å². The van der Waals surface area contributed by atoms with Gasteiger partial charge in [-0.25, -0.2) is 4.98 Å². The molecule has 1 aromatic heterocycles. The highest BCUT2D eigenvalue weighted by Crippen LogP contribution is 2.30. The first kappa shape index (κ1) is 14.2. The molecule has 1 N–H and O–H groups in total. The number of hydrogen-bond donors (Lipinski definition) is 1. The van der Waals surface area contributed by atoms with Crippen molar-refractivity contribution >= 4 is 21.7 Å². The van der Waals surface area contributed by atoms with Crippen LogP contribution in [0.2, 0.25) is 0 Å². The smallest absolute Gasteiger partial charge is 0.161 e. The largest absolute Gasteiger partial charge is 0.486 e. The highest BCUT2D eigenvalue weighted by Gasteiger charge is 2.11. The number of hydrogen-bond acceptors (Lipinski definition) is 4. The third kappa shape index (κ3) is 3.47. The molecule has 4 nitrogen and oxygen atoms in total. The zero-order valence-electron chi connectivity index (χ0n) is 11.9. The van der Waals surface area contributed by atoms with Gasteiger partial charge < -0.3 is 14.8 Å². The summed E-state index contributed by atoms with van der Waals surface area (Å²) in [5.74, 6) is 2.58. The quantitative estimate of drug-likeness (QED) is 0.916. The van der Waals surface area contributed by atoms with Crippen LogP contribution < -0.4 is 14.8 Å². The van der Waals surface area contributed by atoms with Crippen molar-refractivity contribution in [2.24, 2.45) is 0 Å². The molecular weight excluding hydrogens is 332 g/mol. The lowest BCUT2D eigenvalue weighted by molar-refractivity contribution is 0.171. The van der Waals surface area contributed by atoms with Gasteiger partial charge in [0.25, 0.3) is 0 Å². The van der Waals surface area contributed by atoms with Crippen LogP contribution in [-0.2, 0) is 6.42 Å². The third-order valence-corrected chi connectivity index (χ3v) is 4.19. The molecule has 0 saturated heterocycles. The Balaban J connectivity index is 1.58. The first-order valence-corrected chi connectivity index (χ1v) is 7.77. The van der Waals surface area contributed by atoms with E-state index in [0.717, 1.165) is 40.4 Å². The van der Waals surface area contributed by atoms with E-state index in [1.54, 1.807) is 0 Å². The number of nitrogens with one attached hydrogen (secondary N) is 1. The van der Waals surface area contributed by atoms with E-state index < -0.39 is 0 Å². The Morgan fingerprint density at radius 3 is 2.76 bits per heavy atom. The molecule has 21 heavy (non-hydrogen) atoms. The predicted molar refractivity (Wildman–Crippen MR) is 86.3 cm³/mol. The van der Waals surface area contributed by atoms with Gasteiger partial charge >= 0.3 is 0 Å². The number of aromatic nitrogens is 1. The van der Waals surface area contributed by atoms with Crippen molar-refractivity contribution in [1.82, 2.24) is 4.98 Å². The molecule has 0 fully saturated rings. The van der Waals surface area contributed by atoms with Crippen LogP contribution in [0.5, 0.6) is 11.5 Å². The molecule has 5 heteroatoms. The summed E-state index contributed by atoms with van der Waals surface area (Å²) in [6.45, 7) is 4.06. The van der Waals surface area contributed by atoms with Crippen LogP contribution in [-0.4, -0.2) is 24.7 Å². The van der Waals surface area contributed by atoms with Gasteiger partial charge in [0, 0.05) is 11.0 Å². The van der Waals surface area contributed by atoms with Crippen molar-refractivity contribution in [3.63, 3.8) is 0 Å². The maximum atomic E-state index is 5.59. The summed E-state index contributed by atoms with van der Waals surface area (Å²) in [6.07, 6.45) is 0.910. The number of anilines is 1. The molecule has 1 aliphatic rings. The van der Waals surface area contributed by atoms with Gasteiger partial charge in [0.05, 0.1) is 5.69 Å². The summed E-state index contributed by atoms with van der Waals surface area (Å²) in [7, 11) is 0. The van der Waals surface area contributed by atoms with Crippen molar-refractivity contribution in [1.29, 1.82) is 0 Å². The van der Waals surface area contributed by atoms with Gasteiger partial charge in [0.1, 0.15) is 19.0 Å². The van der Waals surface area contributed by atoms with Crippen LogP contribution in [0.15, 0.2) is 34.8 Å². The van der Waals surface area contributed by atoms with Gasteiger partial charge in [-0.15, -0.1) is 0 Å². The number of ether oxygens (including phenoxy) is 2. The monoisotopic (exact) mass is 348 g/mol. The molecule has 2 heterocycles. The SMILES string of the molecule is Cc1nc(NCCc2ccc3c(c2)OCCO3)ccc1Br. The summed E-state index contributed by atoms with van der Waals surface area (Å²) in [6, 6.07) is 10.1. The Bertz CT molecular complexity index is 646. The van der Waals surface area contributed by atoms with E-state index in [-0.39, 0.29) is 0 Å². The molecule has 1 aliphatic heterocycles. The molecule has 0 amide bonds. The molecule has 0 saturated carbocycles. The van der Waals surface area contributed by atoms with E-state index in [1.807, 2.05) is 25.1 Å². The lowest BCUT2D eigenvalue weighted by atomic mass is 10.1. The fourth-order valence-electron chi connectivity index (χ4n) is 2.22. The molecule has 0 radical (unpaired) electrons. The minimum Gasteiger partial charge on any atom is -0.486 e. The summed E-state index contributed by atoms with van der Waals surface area (Å²) in [4.78, 5) is 4.47. The Kier molecular flexibility index (Phi) is 4.29. The van der Waals surface area contributed by atoms with Gasteiger partial charge in [0.15, 0.2) is 11.5 Å². The molecule has 0 spiro atoms. The van der Waals surface area contributed by atoms with Crippen LogP contribution in [0, 0.1) is 6.92 Å². The average molecular weight is 349 g/mol. The zero-order chi connectivity index (χ0) is 14.7. The first-order valence-electron chi connectivity index (χ1n) is 6.98. The number of halogens is 1. The van der Waals surface area contributed by atoms with Crippen molar-refractivity contribution in [3.8, 4) is 11.5 Å². The maximum absolute atomic E-state index is 5.59. The van der Waals surface area contributed by atoms with E-state index in [0.29, 0.717) is 13.2 Å². The molecule has 0 bridgehead atoms. The van der Waals surface area contributed by atoms with E-state index in [4.69, 9.17) is 9.47 Å². The highest BCUT2D eigenvalue weighted by molar-refractivity contribution is 9.10. The van der Waals surface area contributed by atoms with Crippen molar-refractivity contribution in [3.05, 3.63) is 46.1 Å². The van der Waals surface area contributed by atoms with E-state index >= 15 is 0 Å². The predicted octanol–water partition coefficient (Wildman–Crippen LogP) is 3.58. The number of fused-ring (bicyclic) bond motifs is 1. The Hall–Kier alpha value is -1.75. The van der Waals surface area contributed by atoms with Crippen molar-refractivity contribution in [2.45, 2.75) is 13.3 Å². The molecule has 110 valence electrons. The van der Waals surface area contributed by atoms with Crippen LogP contribution in [0.4, 0.5) is 5.82 Å². The van der Waals surface area contributed by atoms with E-state index in [9.17, 15) is 0 Å². The second-order valence-electron chi connectivity index (χ2n) is 4.92. The Morgan fingerprint density at radius 2 is 1.95 bits per heavy atom. The summed E-state index contributed by atoms with van der Waals surface area (Å²) >= 11 is 3.45. The number of rotatable bonds is 4. The Labute approximate surface area is 132 Å². The van der Waals surface area contributed by atoms with Gasteiger partial charge in [-0.05, 0) is 59.1 Å². The van der Waals surface area contributed by atoms with Crippen molar-refractivity contribution < 1.29 is 9.47 Å². The fourth-order valence-corrected chi connectivity index (χ4v) is 2.44. The second kappa shape index (κ2) is 6.35. The third-order valence-electron chi connectivity index (χ3n) is 3.35. The van der Waals surface area contributed by atoms with Gasteiger partial charge in [-0.3, -0.25) is 0 Å². The minimum atomic E-state index is 0.622. The maximum Gasteiger partial charge on any atom is 0.161 e. The van der Waals surface area contributed by atoms with Crippen molar-refractivity contribution in [2.75, 3.05) is 25.1 Å². The summed E-state index contributed by atoms with van der Waals surface area (Å²) in [5, 5.41) is 3.34. The second-order valence-corrected chi connectivity index (χ2v) is 5.77. The topological polar surface area (TPSA) is 43.4 Å². The van der Waals surface area contributed by atoms with Gasteiger partial charge in [-0.1, -0.05) is 6.07 Å². The fraction of sp³-hybridized carbons (Fsp3) is 0.312. The molecular formula is C16H17BrN2O2. The summed E-state index contributed by atoms with van der Waals surface area (Å²) < 4.78 is 12.1. The molecule has 3 rings (SSSR count). The highest BCUT2D eigenvalue weighted by atomic mass is 79.9. The summed E-state index contributed by atoms with van der Waals surface area (Å²) in [5.41, 5.74) is 2.21.